The SMILES string of the molecule is c1csc(-c2cc(NC34CC5CC(CC(C5)C3)C4)no2)c1. The van der Waals surface area contributed by atoms with Crippen molar-refractivity contribution in [1.29, 1.82) is 0 Å². The van der Waals surface area contributed by atoms with Gasteiger partial charge in [0.25, 0.3) is 0 Å². The molecule has 21 heavy (non-hydrogen) atoms. The van der Waals surface area contributed by atoms with Crippen molar-refractivity contribution in [2.75, 3.05) is 5.32 Å². The first-order valence-corrected chi connectivity index (χ1v) is 8.95. The van der Waals surface area contributed by atoms with Gasteiger partial charge >= 0.3 is 0 Å². The summed E-state index contributed by atoms with van der Waals surface area (Å²) in [6.45, 7) is 0. The van der Waals surface area contributed by atoms with Crippen LogP contribution in [-0.4, -0.2) is 10.7 Å². The fourth-order valence-electron chi connectivity index (χ4n) is 5.40. The quantitative estimate of drug-likeness (QED) is 0.886. The summed E-state index contributed by atoms with van der Waals surface area (Å²) in [5.41, 5.74) is 0.304. The fraction of sp³-hybridized carbons (Fsp3) is 0.588. The number of anilines is 1. The lowest BCUT2D eigenvalue weighted by Gasteiger charge is -2.56. The Morgan fingerprint density at radius 3 is 2.48 bits per heavy atom. The molecule has 1 N–H and O–H groups in total. The zero-order chi connectivity index (χ0) is 13.9. The van der Waals surface area contributed by atoms with Crippen LogP contribution in [-0.2, 0) is 0 Å². The Labute approximate surface area is 128 Å². The molecule has 4 saturated carbocycles. The van der Waals surface area contributed by atoms with Gasteiger partial charge in [-0.3, -0.25) is 0 Å². The Bertz CT molecular complexity index is 610. The van der Waals surface area contributed by atoms with Gasteiger partial charge in [-0.05, 0) is 67.7 Å². The Balaban J connectivity index is 1.40. The highest BCUT2D eigenvalue weighted by Crippen LogP contribution is 2.56. The van der Waals surface area contributed by atoms with Crippen molar-refractivity contribution in [3.8, 4) is 10.6 Å². The lowest BCUT2D eigenvalue weighted by molar-refractivity contribution is 0.0104. The first-order chi connectivity index (χ1) is 10.3. The van der Waals surface area contributed by atoms with Gasteiger partial charge in [-0.25, -0.2) is 0 Å². The van der Waals surface area contributed by atoms with Crippen molar-refractivity contribution in [3.05, 3.63) is 23.6 Å². The van der Waals surface area contributed by atoms with Gasteiger partial charge in [-0.1, -0.05) is 11.2 Å². The molecule has 2 aromatic rings. The number of hydrogen-bond acceptors (Lipinski definition) is 4. The molecule has 2 heterocycles. The zero-order valence-corrected chi connectivity index (χ0v) is 12.9. The summed E-state index contributed by atoms with van der Waals surface area (Å²) < 4.78 is 5.52. The third-order valence-corrected chi connectivity index (χ3v) is 6.59. The standard InChI is InChI=1S/C17H20N2OS/c1-2-15(21-3-1)14-7-16(19-20-14)18-17-8-11-4-12(9-17)6-13(5-11)10-17/h1-3,7,11-13H,4-6,8-10H2,(H,18,19). The van der Waals surface area contributed by atoms with Crippen molar-refractivity contribution in [2.24, 2.45) is 17.8 Å². The molecular formula is C17H20N2OS. The smallest absolute Gasteiger partial charge is 0.179 e. The molecule has 4 aliphatic carbocycles. The van der Waals surface area contributed by atoms with Crippen LogP contribution in [0, 0.1) is 17.8 Å². The van der Waals surface area contributed by atoms with E-state index in [4.69, 9.17) is 4.52 Å². The van der Waals surface area contributed by atoms with Crippen LogP contribution in [0.4, 0.5) is 5.82 Å². The van der Waals surface area contributed by atoms with Crippen LogP contribution >= 0.6 is 11.3 Å². The van der Waals surface area contributed by atoms with Gasteiger partial charge in [-0.2, -0.15) is 0 Å². The highest BCUT2D eigenvalue weighted by molar-refractivity contribution is 7.13. The molecular weight excluding hydrogens is 280 g/mol. The van der Waals surface area contributed by atoms with Crippen molar-refractivity contribution >= 4 is 17.2 Å². The summed E-state index contributed by atoms with van der Waals surface area (Å²) in [6.07, 6.45) is 8.42. The largest absolute Gasteiger partial charge is 0.362 e. The number of aromatic nitrogens is 1. The van der Waals surface area contributed by atoms with Crippen LogP contribution in [0.25, 0.3) is 10.6 Å². The number of hydrogen-bond donors (Lipinski definition) is 1. The zero-order valence-electron chi connectivity index (χ0n) is 12.0. The maximum atomic E-state index is 5.52. The minimum absolute atomic E-state index is 0.304. The van der Waals surface area contributed by atoms with Gasteiger partial charge in [0.2, 0.25) is 0 Å². The monoisotopic (exact) mass is 300 g/mol. The van der Waals surface area contributed by atoms with Crippen LogP contribution in [0.15, 0.2) is 28.1 Å². The number of rotatable bonds is 3. The minimum Gasteiger partial charge on any atom is -0.362 e. The second-order valence-corrected chi connectivity index (χ2v) is 8.32. The number of thiophene rings is 1. The molecule has 0 saturated heterocycles. The minimum atomic E-state index is 0.304. The van der Waals surface area contributed by atoms with E-state index in [0.717, 1.165) is 34.2 Å². The van der Waals surface area contributed by atoms with Crippen LogP contribution in [0.3, 0.4) is 0 Å². The van der Waals surface area contributed by atoms with E-state index in [-0.39, 0.29) is 0 Å². The van der Waals surface area contributed by atoms with Crippen LogP contribution in [0.5, 0.6) is 0 Å². The summed E-state index contributed by atoms with van der Waals surface area (Å²) in [5, 5.41) is 10.1. The predicted octanol–water partition coefficient (Wildman–Crippen LogP) is 4.78. The van der Waals surface area contributed by atoms with Crippen LogP contribution in [0.1, 0.15) is 38.5 Å². The van der Waals surface area contributed by atoms with E-state index in [2.05, 4.69) is 34.1 Å². The van der Waals surface area contributed by atoms with Crippen molar-refractivity contribution in [2.45, 2.75) is 44.1 Å². The van der Waals surface area contributed by atoms with E-state index in [1.165, 1.54) is 38.5 Å². The Morgan fingerprint density at radius 2 is 1.86 bits per heavy atom. The second-order valence-electron chi connectivity index (χ2n) is 7.38. The lowest BCUT2D eigenvalue weighted by atomic mass is 9.53. The molecule has 0 amide bonds. The molecule has 0 radical (unpaired) electrons. The topological polar surface area (TPSA) is 38.1 Å². The third-order valence-electron chi connectivity index (χ3n) is 5.71. The van der Waals surface area contributed by atoms with Gasteiger partial charge in [0.05, 0.1) is 4.88 Å². The summed E-state index contributed by atoms with van der Waals surface area (Å²) in [7, 11) is 0. The molecule has 0 aliphatic heterocycles. The first-order valence-electron chi connectivity index (χ1n) is 8.07. The summed E-state index contributed by atoms with van der Waals surface area (Å²) in [6, 6.07) is 6.21. The van der Waals surface area contributed by atoms with Gasteiger partial charge < -0.3 is 9.84 Å². The predicted molar refractivity (Wildman–Crippen MR) is 84.3 cm³/mol. The molecule has 4 heteroatoms. The summed E-state index contributed by atoms with van der Waals surface area (Å²) >= 11 is 1.70. The van der Waals surface area contributed by atoms with Gasteiger partial charge in [0.15, 0.2) is 11.6 Å². The average Bonchev–Trinajstić information content (AvgIpc) is 3.06. The molecule has 4 fully saturated rings. The number of nitrogens with zero attached hydrogens (tertiary/aromatic N) is 1. The molecule has 6 rings (SSSR count). The van der Waals surface area contributed by atoms with Gasteiger partial charge in [-0.15, -0.1) is 11.3 Å². The number of nitrogens with one attached hydrogen (secondary N) is 1. The molecule has 110 valence electrons. The van der Waals surface area contributed by atoms with E-state index in [9.17, 15) is 0 Å². The summed E-state index contributed by atoms with van der Waals surface area (Å²) in [5.74, 6) is 4.67. The Morgan fingerprint density at radius 1 is 1.14 bits per heavy atom. The third kappa shape index (κ3) is 2.03. The maximum Gasteiger partial charge on any atom is 0.179 e. The van der Waals surface area contributed by atoms with Gasteiger partial charge in [0, 0.05) is 11.6 Å². The normalized spacial score (nSPS) is 37.0. The Hall–Kier alpha value is -1.29. The molecule has 2 aromatic heterocycles. The maximum absolute atomic E-state index is 5.52. The van der Waals surface area contributed by atoms with Crippen molar-refractivity contribution in [1.82, 2.24) is 5.16 Å². The van der Waals surface area contributed by atoms with Gasteiger partial charge in [0.1, 0.15) is 0 Å². The molecule has 0 aromatic carbocycles. The summed E-state index contributed by atoms with van der Waals surface area (Å²) in [4.78, 5) is 1.15. The fourth-order valence-corrected chi connectivity index (χ4v) is 6.08. The highest BCUT2D eigenvalue weighted by atomic mass is 32.1. The molecule has 4 aliphatic rings. The first kappa shape index (κ1) is 12.3. The van der Waals surface area contributed by atoms with E-state index < -0.39 is 0 Å². The van der Waals surface area contributed by atoms with E-state index in [1.807, 2.05) is 0 Å². The van der Waals surface area contributed by atoms with Crippen molar-refractivity contribution in [3.63, 3.8) is 0 Å². The second kappa shape index (κ2) is 4.35. The lowest BCUT2D eigenvalue weighted by Crippen LogP contribution is -2.54. The molecule has 3 nitrogen and oxygen atoms in total. The van der Waals surface area contributed by atoms with E-state index in [1.54, 1.807) is 11.3 Å². The average molecular weight is 300 g/mol. The molecule has 0 atom stereocenters. The molecule has 0 unspecified atom stereocenters. The van der Waals surface area contributed by atoms with Crippen LogP contribution < -0.4 is 5.32 Å². The van der Waals surface area contributed by atoms with Crippen LogP contribution in [0.2, 0.25) is 0 Å². The highest BCUT2D eigenvalue weighted by Gasteiger charge is 2.51. The van der Waals surface area contributed by atoms with Crippen molar-refractivity contribution < 1.29 is 4.52 Å². The molecule has 0 spiro atoms. The van der Waals surface area contributed by atoms with E-state index in [0.29, 0.717) is 5.54 Å². The van der Waals surface area contributed by atoms with E-state index >= 15 is 0 Å². The molecule has 4 bridgehead atoms. The Kier molecular flexibility index (Phi) is 2.55.